The van der Waals surface area contributed by atoms with E-state index in [1.54, 1.807) is 27.7 Å². The number of carboxylic acid groups (broad SMARTS) is 4. The number of likely N-dealkylation sites (tertiary alicyclic amines) is 2. The lowest BCUT2D eigenvalue weighted by Crippen LogP contribution is -2.61. The van der Waals surface area contributed by atoms with Crippen molar-refractivity contribution in [2.24, 2.45) is 17.6 Å². The van der Waals surface area contributed by atoms with Crippen molar-refractivity contribution in [3.05, 3.63) is 29.8 Å². The van der Waals surface area contributed by atoms with Crippen LogP contribution in [0.4, 0.5) is 0 Å². The van der Waals surface area contributed by atoms with Gasteiger partial charge in [-0.3, -0.25) is 57.5 Å². The standard InChI is InChI=1S/C50H74N10O19/c1-7-24(4)40(49(77)59-16-8-9-35(59)46(74)57-34(50(78)79)21-39(67)68)58-45(73)33(18-27-10-12-28(61)13-11-27)56-47(75)36-19-29(62)22-60(36)48(76)26(6)53-44(72)32(17-23(2)3)55-41(69)25(5)52-43(71)31(14-15-37(63)64)54-42(70)30(51)20-38(65)66/h10-13,23-26,29-36,40,61-62H,7-9,14-22,51H2,1-6H3,(H,52,71)(H,53,72)(H,54,70)(H,55,69)(H,56,75)(H,57,74)(H,58,73)(H,63,64)(H,65,66)(H,67,68)(H,78,79)/t24-,25-,26-,29+,30-,31-,32-,33-,34-,35-,36-,40-/m0/s1. The van der Waals surface area contributed by atoms with Gasteiger partial charge in [0.2, 0.25) is 53.2 Å². The van der Waals surface area contributed by atoms with Gasteiger partial charge in [0.25, 0.3) is 0 Å². The number of nitrogens with two attached hydrogens (primary N) is 1. The molecule has 15 N–H and O–H groups in total. The van der Waals surface area contributed by atoms with E-state index in [9.17, 15) is 87.9 Å². The van der Waals surface area contributed by atoms with Gasteiger partial charge in [0.1, 0.15) is 60.1 Å². The third-order valence-electron chi connectivity index (χ3n) is 13.3. The fraction of sp³-hybridized carbons (Fsp3) is 0.620. The molecule has 0 saturated carbocycles. The molecule has 0 unspecified atom stereocenters. The zero-order valence-electron chi connectivity index (χ0n) is 44.8. The summed E-state index contributed by atoms with van der Waals surface area (Å²) in [6.45, 7) is 8.98. The Balaban J connectivity index is 1.82. The molecule has 29 heteroatoms. The number of aromatic hydroxyl groups is 1. The van der Waals surface area contributed by atoms with Gasteiger partial charge in [-0.15, -0.1) is 0 Å². The Morgan fingerprint density at radius 1 is 0.620 bits per heavy atom. The molecule has 2 aliphatic heterocycles. The first-order valence-electron chi connectivity index (χ1n) is 25.8. The molecule has 0 bridgehead atoms. The van der Waals surface area contributed by atoms with Gasteiger partial charge < -0.3 is 83.4 Å². The second-order valence-corrected chi connectivity index (χ2v) is 20.2. The number of aliphatic hydroxyl groups excluding tert-OH is 1. The molecule has 2 heterocycles. The number of amides is 9. The molecule has 0 aliphatic carbocycles. The Kier molecular flexibility index (Phi) is 25.0. The van der Waals surface area contributed by atoms with E-state index in [0.29, 0.717) is 18.4 Å². The summed E-state index contributed by atoms with van der Waals surface area (Å²) in [6.07, 6.45) is -3.91. The van der Waals surface area contributed by atoms with E-state index in [2.05, 4.69) is 37.2 Å². The Morgan fingerprint density at radius 3 is 1.75 bits per heavy atom. The predicted octanol–water partition coefficient (Wildman–Crippen LogP) is -3.36. The number of hydrogen-bond donors (Lipinski definition) is 14. The average molecular weight is 1120 g/mol. The summed E-state index contributed by atoms with van der Waals surface area (Å²) in [6, 6.07) is -8.96. The number of aliphatic carboxylic acids is 4. The first-order valence-corrected chi connectivity index (χ1v) is 25.8. The second-order valence-electron chi connectivity index (χ2n) is 20.2. The lowest BCUT2D eigenvalue weighted by Gasteiger charge is -2.33. The molecule has 438 valence electrons. The minimum Gasteiger partial charge on any atom is -0.508 e. The number of carbonyl (C=O) groups is 13. The van der Waals surface area contributed by atoms with Crippen LogP contribution in [0, 0.1) is 11.8 Å². The third-order valence-corrected chi connectivity index (χ3v) is 13.3. The Hall–Kier alpha value is -7.95. The number of carboxylic acids is 4. The molecular formula is C50H74N10O19. The highest BCUT2D eigenvalue weighted by atomic mass is 16.4. The molecule has 3 rings (SSSR count). The summed E-state index contributed by atoms with van der Waals surface area (Å²) in [7, 11) is 0. The summed E-state index contributed by atoms with van der Waals surface area (Å²) in [5.41, 5.74) is 6.01. The molecular weight excluding hydrogens is 1040 g/mol. The van der Waals surface area contributed by atoms with Crippen molar-refractivity contribution < 1.29 is 93.0 Å². The molecule has 0 aromatic heterocycles. The Labute approximate surface area is 454 Å². The SMILES string of the molecule is CC[C@H](C)[C@H](NC(=O)[C@H](Cc1ccc(O)cc1)NC(=O)[C@@H]1C[C@@H](O)CN1C(=O)[C@H](C)NC(=O)[C@H](CC(C)C)NC(=O)[C@H](C)NC(=O)[C@H](CCC(=O)O)NC(=O)[C@@H](N)CC(=O)O)C(=O)N1CCC[C@H]1C(=O)N[C@@H](CC(=O)O)C(=O)O. The number of nitrogens with one attached hydrogen (secondary N) is 7. The number of carbonyl (C=O) groups excluding carboxylic acids is 9. The summed E-state index contributed by atoms with van der Waals surface area (Å²) in [5, 5.41) is 74.7. The molecule has 1 aromatic carbocycles. The van der Waals surface area contributed by atoms with Crippen LogP contribution in [0.25, 0.3) is 0 Å². The number of benzene rings is 1. The van der Waals surface area contributed by atoms with Crippen molar-refractivity contribution >= 4 is 77.0 Å². The van der Waals surface area contributed by atoms with Crippen LogP contribution in [0.15, 0.2) is 24.3 Å². The van der Waals surface area contributed by atoms with E-state index in [0.717, 1.165) is 4.90 Å². The number of hydrogen-bond acceptors (Lipinski definition) is 16. The first kappa shape index (κ1) is 65.3. The first-order chi connectivity index (χ1) is 36.9. The van der Waals surface area contributed by atoms with E-state index in [4.69, 9.17) is 10.8 Å². The van der Waals surface area contributed by atoms with E-state index in [-0.39, 0.29) is 43.9 Å². The van der Waals surface area contributed by atoms with Gasteiger partial charge in [-0.2, -0.15) is 0 Å². The number of phenols is 1. The van der Waals surface area contributed by atoms with Gasteiger partial charge in [0.05, 0.1) is 25.0 Å². The van der Waals surface area contributed by atoms with E-state index < -0.39 is 182 Å². The number of nitrogens with zero attached hydrogens (tertiary/aromatic N) is 2. The number of aliphatic hydroxyl groups is 1. The maximum absolute atomic E-state index is 14.4. The fourth-order valence-corrected chi connectivity index (χ4v) is 8.81. The quantitative estimate of drug-likeness (QED) is 0.0358. The van der Waals surface area contributed by atoms with Crippen LogP contribution in [0.5, 0.6) is 5.75 Å². The van der Waals surface area contributed by atoms with Crippen molar-refractivity contribution in [2.45, 2.75) is 172 Å². The zero-order valence-corrected chi connectivity index (χ0v) is 44.8. The molecule has 79 heavy (non-hydrogen) atoms. The second kappa shape index (κ2) is 30.3. The topological polar surface area (TPSA) is 460 Å². The van der Waals surface area contributed by atoms with Gasteiger partial charge in [-0.1, -0.05) is 46.2 Å². The van der Waals surface area contributed by atoms with E-state index in [1.807, 2.05) is 0 Å². The molecule has 2 fully saturated rings. The van der Waals surface area contributed by atoms with Crippen molar-refractivity contribution in [2.75, 3.05) is 13.1 Å². The molecule has 1 aromatic rings. The van der Waals surface area contributed by atoms with Crippen molar-refractivity contribution in [3.63, 3.8) is 0 Å². The maximum atomic E-state index is 14.4. The van der Waals surface area contributed by atoms with Crippen LogP contribution >= 0.6 is 0 Å². The molecule has 2 aliphatic rings. The molecule has 2 saturated heterocycles. The normalized spacial score (nSPS) is 19.4. The van der Waals surface area contributed by atoms with Crippen LogP contribution in [-0.2, 0) is 68.7 Å². The molecule has 0 spiro atoms. The number of rotatable bonds is 30. The van der Waals surface area contributed by atoms with Gasteiger partial charge >= 0.3 is 23.9 Å². The van der Waals surface area contributed by atoms with Crippen molar-refractivity contribution in [1.82, 2.24) is 47.0 Å². The van der Waals surface area contributed by atoms with Crippen molar-refractivity contribution in [3.8, 4) is 5.75 Å². The predicted molar refractivity (Wildman–Crippen MR) is 273 cm³/mol. The molecule has 12 atom stereocenters. The van der Waals surface area contributed by atoms with Gasteiger partial charge in [0.15, 0.2) is 0 Å². The van der Waals surface area contributed by atoms with E-state index >= 15 is 0 Å². The van der Waals surface area contributed by atoms with Crippen LogP contribution in [-0.4, -0.2) is 197 Å². The summed E-state index contributed by atoms with van der Waals surface area (Å²) in [4.78, 5) is 171. The molecule has 9 amide bonds. The highest BCUT2D eigenvalue weighted by molar-refractivity contribution is 5.99. The number of phenolic OH excluding ortho intramolecular Hbond substituents is 1. The van der Waals surface area contributed by atoms with Crippen LogP contribution in [0.2, 0.25) is 0 Å². The lowest BCUT2D eigenvalue weighted by molar-refractivity contribution is -0.148. The minimum atomic E-state index is -1.79. The highest BCUT2D eigenvalue weighted by Crippen LogP contribution is 2.24. The van der Waals surface area contributed by atoms with Crippen molar-refractivity contribution in [1.29, 1.82) is 0 Å². The molecule has 29 nitrogen and oxygen atoms in total. The summed E-state index contributed by atoms with van der Waals surface area (Å²) < 4.78 is 0. The van der Waals surface area contributed by atoms with Crippen LogP contribution < -0.4 is 43.0 Å². The summed E-state index contributed by atoms with van der Waals surface area (Å²) >= 11 is 0. The monoisotopic (exact) mass is 1120 g/mol. The smallest absolute Gasteiger partial charge is 0.326 e. The van der Waals surface area contributed by atoms with Crippen LogP contribution in [0.1, 0.15) is 105 Å². The van der Waals surface area contributed by atoms with Gasteiger partial charge in [0, 0.05) is 32.4 Å². The Bertz CT molecular complexity index is 2420. The maximum Gasteiger partial charge on any atom is 0.326 e. The summed E-state index contributed by atoms with van der Waals surface area (Å²) in [5.74, 6) is -15.0. The Morgan fingerprint density at radius 2 is 1.18 bits per heavy atom. The number of β-amino-alcohol motifs (C(OH)–C–C–N with tert-alkyl or cyclic N) is 1. The molecule has 0 radical (unpaired) electrons. The van der Waals surface area contributed by atoms with Crippen LogP contribution in [0.3, 0.4) is 0 Å². The third kappa shape index (κ3) is 20.1. The highest BCUT2D eigenvalue weighted by Gasteiger charge is 2.44. The van der Waals surface area contributed by atoms with E-state index in [1.165, 1.54) is 43.0 Å². The zero-order chi connectivity index (χ0) is 59.6. The average Bonchev–Trinajstić information content (AvgIpc) is 4.04. The fourth-order valence-electron chi connectivity index (χ4n) is 8.81. The van der Waals surface area contributed by atoms with Gasteiger partial charge in [-0.25, -0.2) is 4.79 Å². The minimum absolute atomic E-state index is 0.00486. The lowest BCUT2D eigenvalue weighted by atomic mass is 9.96. The largest absolute Gasteiger partial charge is 0.508 e. The van der Waals surface area contributed by atoms with Gasteiger partial charge in [-0.05, 0) is 69.1 Å².